The lowest BCUT2D eigenvalue weighted by Crippen LogP contribution is -2.35. The van der Waals surface area contributed by atoms with Crippen LogP contribution in [0.25, 0.3) is 0 Å². The van der Waals surface area contributed by atoms with Gasteiger partial charge >= 0.3 is 0 Å². The predicted octanol–water partition coefficient (Wildman–Crippen LogP) is 5.27. The first-order valence-corrected chi connectivity index (χ1v) is 7.60. The SMILES string of the molecule is CC(C)(C)NCc1ccccc1Oc1ccc(F)c(Br)c1. The largest absolute Gasteiger partial charge is 0.457 e. The van der Waals surface area contributed by atoms with Gasteiger partial charge in [0.15, 0.2) is 0 Å². The van der Waals surface area contributed by atoms with Gasteiger partial charge < -0.3 is 10.1 Å². The molecule has 0 saturated heterocycles. The van der Waals surface area contributed by atoms with Crippen LogP contribution in [0, 0.1) is 5.82 Å². The maximum Gasteiger partial charge on any atom is 0.137 e. The zero-order valence-electron chi connectivity index (χ0n) is 12.4. The number of halogens is 2. The van der Waals surface area contributed by atoms with Crippen LogP contribution in [0.5, 0.6) is 11.5 Å². The monoisotopic (exact) mass is 351 g/mol. The smallest absolute Gasteiger partial charge is 0.137 e. The molecular weight excluding hydrogens is 333 g/mol. The van der Waals surface area contributed by atoms with Crippen LogP contribution in [0.2, 0.25) is 0 Å². The van der Waals surface area contributed by atoms with Crippen molar-refractivity contribution in [1.29, 1.82) is 0 Å². The molecule has 0 radical (unpaired) electrons. The molecule has 0 bridgehead atoms. The van der Waals surface area contributed by atoms with Crippen LogP contribution in [0.4, 0.5) is 4.39 Å². The number of hydrogen-bond donors (Lipinski definition) is 1. The van der Waals surface area contributed by atoms with Gasteiger partial charge in [-0.2, -0.15) is 0 Å². The molecule has 0 fully saturated rings. The summed E-state index contributed by atoms with van der Waals surface area (Å²) in [5.74, 6) is 1.07. The third kappa shape index (κ3) is 4.83. The Kier molecular flexibility index (Phi) is 5.01. The Morgan fingerprint density at radius 1 is 1.14 bits per heavy atom. The van der Waals surface area contributed by atoms with E-state index in [9.17, 15) is 4.39 Å². The van der Waals surface area contributed by atoms with Crippen molar-refractivity contribution < 1.29 is 9.13 Å². The highest BCUT2D eigenvalue weighted by molar-refractivity contribution is 9.10. The molecule has 0 heterocycles. The summed E-state index contributed by atoms with van der Waals surface area (Å²) in [4.78, 5) is 0. The maximum absolute atomic E-state index is 13.3. The molecule has 112 valence electrons. The first-order chi connectivity index (χ1) is 9.85. The molecule has 0 aromatic heterocycles. The highest BCUT2D eigenvalue weighted by Gasteiger charge is 2.11. The summed E-state index contributed by atoms with van der Waals surface area (Å²) in [6.45, 7) is 7.07. The van der Waals surface area contributed by atoms with Crippen molar-refractivity contribution in [3.05, 3.63) is 58.3 Å². The van der Waals surface area contributed by atoms with Crippen molar-refractivity contribution in [1.82, 2.24) is 5.32 Å². The molecule has 0 aliphatic carbocycles. The fourth-order valence-corrected chi connectivity index (χ4v) is 2.13. The fourth-order valence-electron chi connectivity index (χ4n) is 1.78. The van der Waals surface area contributed by atoms with Gasteiger partial charge in [-0.1, -0.05) is 18.2 Å². The van der Waals surface area contributed by atoms with Gasteiger partial charge in [-0.15, -0.1) is 0 Å². The van der Waals surface area contributed by atoms with Crippen molar-refractivity contribution in [2.45, 2.75) is 32.9 Å². The summed E-state index contributed by atoms with van der Waals surface area (Å²) >= 11 is 3.17. The third-order valence-corrected chi connectivity index (χ3v) is 3.51. The zero-order valence-corrected chi connectivity index (χ0v) is 14.0. The molecule has 4 heteroatoms. The fraction of sp³-hybridized carbons (Fsp3) is 0.294. The standard InChI is InChI=1S/C17H19BrFNO/c1-17(2,3)20-11-12-6-4-5-7-16(12)21-13-8-9-15(19)14(18)10-13/h4-10,20H,11H2,1-3H3. The second-order valence-electron chi connectivity index (χ2n) is 5.89. The van der Waals surface area contributed by atoms with E-state index in [-0.39, 0.29) is 11.4 Å². The maximum atomic E-state index is 13.3. The van der Waals surface area contributed by atoms with Gasteiger partial charge in [0.05, 0.1) is 4.47 Å². The van der Waals surface area contributed by atoms with Gasteiger partial charge in [0.25, 0.3) is 0 Å². The van der Waals surface area contributed by atoms with E-state index >= 15 is 0 Å². The molecule has 0 unspecified atom stereocenters. The molecule has 2 nitrogen and oxygen atoms in total. The zero-order chi connectivity index (χ0) is 15.5. The van der Waals surface area contributed by atoms with Crippen LogP contribution in [0.3, 0.4) is 0 Å². The van der Waals surface area contributed by atoms with Gasteiger partial charge in [-0.05, 0) is 61.0 Å². The van der Waals surface area contributed by atoms with E-state index in [1.807, 2.05) is 24.3 Å². The minimum absolute atomic E-state index is 0.0337. The van der Waals surface area contributed by atoms with Crippen molar-refractivity contribution in [3.8, 4) is 11.5 Å². The molecular formula is C17H19BrFNO. The van der Waals surface area contributed by atoms with Gasteiger partial charge in [-0.3, -0.25) is 0 Å². The molecule has 2 rings (SSSR count). The van der Waals surface area contributed by atoms with Gasteiger partial charge in [0, 0.05) is 17.6 Å². The highest BCUT2D eigenvalue weighted by Crippen LogP contribution is 2.28. The first-order valence-electron chi connectivity index (χ1n) is 6.81. The van der Waals surface area contributed by atoms with Crippen LogP contribution in [0.1, 0.15) is 26.3 Å². The Morgan fingerprint density at radius 3 is 2.52 bits per heavy atom. The van der Waals surface area contributed by atoms with E-state index in [1.165, 1.54) is 6.07 Å². The Balaban J connectivity index is 2.17. The second-order valence-corrected chi connectivity index (χ2v) is 6.74. The van der Waals surface area contributed by atoms with E-state index in [0.29, 0.717) is 16.8 Å². The summed E-state index contributed by atoms with van der Waals surface area (Å²) in [7, 11) is 0. The van der Waals surface area contributed by atoms with Crippen LogP contribution in [-0.4, -0.2) is 5.54 Å². The molecule has 0 spiro atoms. The van der Waals surface area contributed by atoms with Crippen molar-refractivity contribution in [2.75, 3.05) is 0 Å². The molecule has 21 heavy (non-hydrogen) atoms. The van der Waals surface area contributed by atoms with Crippen LogP contribution in [-0.2, 0) is 6.54 Å². The quantitative estimate of drug-likeness (QED) is 0.810. The summed E-state index contributed by atoms with van der Waals surface area (Å²) in [6.07, 6.45) is 0. The van der Waals surface area contributed by atoms with Crippen LogP contribution >= 0.6 is 15.9 Å². The minimum atomic E-state index is -0.301. The molecule has 1 N–H and O–H groups in total. The lowest BCUT2D eigenvalue weighted by atomic mass is 10.1. The van der Waals surface area contributed by atoms with Gasteiger partial charge in [0.1, 0.15) is 17.3 Å². The number of rotatable bonds is 4. The predicted molar refractivity (Wildman–Crippen MR) is 87.2 cm³/mol. The Labute approximate surface area is 133 Å². The Morgan fingerprint density at radius 2 is 1.86 bits per heavy atom. The van der Waals surface area contributed by atoms with Gasteiger partial charge in [-0.25, -0.2) is 4.39 Å². The summed E-state index contributed by atoms with van der Waals surface area (Å²) in [6, 6.07) is 12.5. The van der Waals surface area contributed by atoms with E-state index in [2.05, 4.69) is 42.0 Å². The number of ether oxygens (including phenoxy) is 1. The summed E-state index contributed by atoms with van der Waals surface area (Å²) < 4.78 is 19.5. The van der Waals surface area contributed by atoms with Crippen molar-refractivity contribution in [2.24, 2.45) is 0 Å². The molecule has 0 aliphatic rings. The van der Waals surface area contributed by atoms with E-state index in [4.69, 9.17) is 4.74 Å². The lowest BCUT2D eigenvalue weighted by molar-refractivity contribution is 0.414. The Hall–Kier alpha value is -1.39. The molecule has 2 aromatic carbocycles. The van der Waals surface area contributed by atoms with Crippen molar-refractivity contribution >= 4 is 15.9 Å². The second kappa shape index (κ2) is 6.58. The number of para-hydroxylation sites is 1. The summed E-state index contributed by atoms with van der Waals surface area (Å²) in [5, 5.41) is 3.44. The highest BCUT2D eigenvalue weighted by atomic mass is 79.9. The molecule has 0 aliphatic heterocycles. The van der Waals surface area contributed by atoms with E-state index in [1.54, 1.807) is 12.1 Å². The normalized spacial score (nSPS) is 11.5. The van der Waals surface area contributed by atoms with Crippen LogP contribution in [0.15, 0.2) is 46.9 Å². The topological polar surface area (TPSA) is 21.3 Å². The lowest BCUT2D eigenvalue weighted by Gasteiger charge is -2.21. The number of hydrogen-bond acceptors (Lipinski definition) is 2. The minimum Gasteiger partial charge on any atom is -0.457 e. The first kappa shape index (κ1) is 16.0. The number of nitrogens with one attached hydrogen (secondary N) is 1. The number of benzene rings is 2. The van der Waals surface area contributed by atoms with E-state index in [0.717, 1.165) is 11.3 Å². The van der Waals surface area contributed by atoms with E-state index < -0.39 is 0 Å². The van der Waals surface area contributed by atoms with Gasteiger partial charge in [0.2, 0.25) is 0 Å². The van der Waals surface area contributed by atoms with Crippen molar-refractivity contribution in [3.63, 3.8) is 0 Å². The molecule has 0 atom stereocenters. The van der Waals surface area contributed by atoms with Crippen LogP contribution < -0.4 is 10.1 Å². The Bertz CT molecular complexity index is 622. The molecule has 0 amide bonds. The average Bonchev–Trinajstić information content (AvgIpc) is 2.41. The average molecular weight is 352 g/mol. The third-order valence-electron chi connectivity index (χ3n) is 2.90. The molecule has 0 saturated carbocycles. The molecule has 2 aromatic rings. The summed E-state index contributed by atoms with van der Waals surface area (Å²) in [5.41, 5.74) is 1.10.